The zero-order valence-corrected chi connectivity index (χ0v) is 8.73. The summed E-state index contributed by atoms with van der Waals surface area (Å²) in [5.41, 5.74) is 4.41. The highest BCUT2D eigenvalue weighted by Gasteiger charge is 2.24. The number of fused-ring (bicyclic) bond motifs is 3. The number of benzene rings is 2. The Morgan fingerprint density at radius 3 is 1.75 bits per heavy atom. The molecule has 2 aromatic rings. The molecular weight excluding hydrogens is 196 g/mol. The summed E-state index contributed by atoms with van der Waals surface area (Å²) in [4.78, 5) is 12.1. The average molecular weight is 206 g/mol. The number of carbonyl (C=O) groups excluding carboxylic acids is 1. The minimum atomic E-state index is 0.0364. The van der Waals surface area contributed by atoms with E-state index in [4.69, 9.17) is 0 Å². The van der Waals surface area contributed by atoms with Crippen molar-refractivity contribution >= 4 is 11.4 Å². The van der Waals surface area contributed by atoms with Gasteiger partial charge in [-0.25, -0.2) is 0 Å². The molecule has 0 bridgehead atoms. The van der Waals surface area contributed by atoms with E-state index in [0.29, 0.717) is 5.57 Å². The summed E-state index contributed by atoms with van der Waals surface area (Å²) in [6, 6.07) is 15.6. The first-order valence-corrected chi connectivity index (χ1v) is 5.21. The van der Waals surface area contributed by atoms with Gasteiger partial charge in [-0.1, -0.05) is 55.1 Å². The number of ketones is 1. The van der Waals surface area contributed by atoms with Crippen LogP contribution in [0.5, 0.6) is 0 Å². The largest absolute Gasteiger partial charge is 0.289 e. The number of hydrogen-bond donors (Lipinski definition) is 0. The van der Waals surface area contributed by atoms with Crippen molar-refractivity contribution in [3.8, 4) is 11.1 Å². The molecule has 1 aliphatic rings. The van der Waals surface area contributed by atoms with Crippen LogP contribution in [-0.4, -0.2) is 5.78 Å². The molecule has 3 rings (SSSR count). The molecule has 0 atom stereocenters. The molecule has 1 nitrogen and oxygen atoms in total. The summed E-state index contributed by atoms with van der Waals surface area (Å²) in [6.45, 7) is 3.89. The van der Waals surface area contributed by atoms with Gasteiger partial charge in [-0.2, -0.15) is 0 Å². The Balaban J connectivity index is 2.41. The van der Waals surface area contributed by atoms with Crippen molar-refractivity contribution in [2.24, 2.45) is 0 Å². The van der Waals surface area contributed by atoms with Crippen molar-refractivity contribution in [2.75, 3.05) is 0 Å². The van der Waals surface area contributed by atoms with Crippen molar-refractivity contribution in [3.05, 3.63) is 66.2 Å². The number of rotatable bonds is 0. The van der Waals surface area contributed by atoms with Crippen LogP contribution in [0.2, 0.25) is 0 Å². The molecule has 2 aromatic carbocycles. The fourth-order valence-electron chi connectivity index (χ4n) is 2.18. The zero-order chi connectivity index (χ0) is 11.1. The molecule has 0 N–H and O–H groups in total. The normalized spacial score (nSPS) is 13.2. The van der Waals surface area contributed by atoms with Crippen LogP contribution < -0.4 is 0 Å². The molecule has 0 saturated carbocycles. The van der Waals surface area contributed by atoms with Crippen molar-refractivity contribution < 1.29 is 4.79 Å². The number of Topliss-reactive ketones (excluding diaryl/α,β-unsaturated/α-hetero) is 1. The van der Waals surface area contributed by atoms with Gasteiger partial charge in [0.25, 0.3) is 0 Å². The average Bonchev–Trinajstić information content (AvgIpc) is 2.36. The minimum Gasteiger partial charge on any atom is -0.289 e. The maximum absolute atomic E-state index is 12.1. The molecular formula is C15H10O. The topological polar surface area (TPSA) is 17.1 Å². The Morgan fingerprint density at radius 2 is 1.12 bits per heavy atom. The molecule has 0 unspecified atom stereocenters. The highest BCUT2D eigenvalue weighted by atomic mass is 16.1. The molecule has 0 amide bonds. The number of hydrogen-bond acceptors (Lipinski definition) is 1. The quantitative estimate of drug-likeness (QED) is 0.602. The van der Waals surface area contributed by atoms with Crippen LogP contribution in [0.25, 0.3) is 16.7 Å². The van der Waals surface area contributed by atoms with Crippen LogP contribution in [0, 0.1) is 0 Å². The third kappa shape index (κ3) is 1.09. The maximum atomic E-state index is 12.1. The third-order valence-corrected chi connectivity index (χ3v) is 2.99. The summed E-state index contributed by atoms with van der Waals surface area (Å²) in [5.74, 6) is 0.0364. The van der Waals surface area contributed by atoms with Crippen LogP contribution in [-0.2, 0) is 0 Å². The lowest BCUT2D eigenvalue weighted by atomic mass is 9.82. The molecule has 0 fully saturated rings. The second kappa shape index (κ2) is 3.17. The van der Waals surface area contributed by atoms with Crippen LogP contribution in [0.3, 0.4) is 0 Å². The molecule has 1 heteroatoms. The molecule has 16 heavy (non-hydrogen) atoms. The lowest BCUT2D eigenvalue weighted by Gasteiger charge is -2.20. The molecule has 0 aliphatic heterocycles. The van der Waals surface area contributed by atoms with E-state index in [1.165, 1.54) is 0 Å². The summed E-state index contributed by atoms with van der Waals surface area (Å²) < 4.78 is 0. The van der Waals surface area contributed by atoms with Gasteiger partial charge in [0.2, 0.25) is 0 Å². The van der Waals surface area contributed by atoms with E-state index in [9.17, 15) is 4.79 Å². The smallest absolute Gasteiger partial charge is 0.193 e. The molecule has 76 valence electrons. The van der Waals surface area contributed by atoms with Crippen molar-refractivity contribution in [3.63, 3.8) is 0 Å². The van der Waals surface area contributed by atoms with Gasteiger partial charge in [-0.3, -0.25) is 4.79 Å². The highest BCUT2D eigenvalue weighted by Crippen LogP contribution is 2.37. The van der Waals surface area contributed by atoms with Crippen molar-refractivity contribution in [1.29, 1.82) is 0 Å². The van der Waals surface area contributed by atoms with E-state index in [1.54, 1.807) is 0 Å². The van der Waals surface area contributed by atoms with Gasteiger partial charge in [0.15, 0.2) is 5.78 Å². The second-order valence-corrected chi connectivity index (χ2v) is 3.90. The first kappa shape index (κ1) is 9.10. The minimum absolute atomic E-state index is 0.0364. The van der Waals surface area contributed by atoms with Crippen LogP contribution >= 0.6 is 0 Å². The molecule has 0 spiro atoms. The van der Waals surface area contributed by atoms with Gasteiger partial charge in [-0.15, -0.1) is 0 Å². The number of allylic oxidation sites excluding steroid dienone is 1. The van der Waals surface area contributed by atoms with Gasteiger partial charge >= 0.3 is 0 Å². The summed E-state index contributed by atoms with van der Waals surface area (Å²) >= 11 is 0. The summed E-state index contributed by atoms with van der Waals surface area (Å²) in [5, 5.41) is 0. The summed E-state index contributed by atoms with van der Waals surface area (Å²) in [7, 11) is 0. The van der Waals surface area contributed by atoms with Gasteiger partial charge in [0.1, 0.15) is 0 Å². The van der Waals surface area contributed by atoms with Gasteiger partial charge < -0.3 is 0 Å². The van der Waals surface area contributed by atoms with Gasteiger partial charge in [0.05, 0.1) is 0 Å². The molecule has 0 radical (unpaired) electrons. The van der Waals surface area contributed by atoms with Crippen LogP contribution in [0.15, 0.2) is 55.1 Å². The molecule has 1 aliphatic carbocycles. The maximum Gasteiger partial charge on any atom is 0.193 e. The lowest BCUT2D eigenvalue weighted by molar-refractivity contribution is 0.105. The Labute approximate surface area is 94.0 Å². The Morgan fingerprint density at radius 1 is 0.688 bits per heavy atom. The Kier molecular flexibility index (Phi) is 1.80. The van der Waals surface area contributed by atoms with E-state index < -0.39 is 0 Å². The zero-order valence-electron chi connectivity index (χ0n) is 8.73. The van der Waals surface area contributed by atoms with Crippen molar-refractivity contribution in [1.82, 2.24) is 0 Å². The standard InChI is InChI=1S/C15H10O/c1-10-11-6-2-3-7-12(11)13-8-4-5-9-14(13)15(10)16/h2-9H,1H2. The van der Waals surface area contributed by atoms with Crippen LogP contribution in [0.1, 0.15) is 15.9 Å². The Bertz CT molecular complexity index is 553. The SMILES string of the molecule is C=C1C(=O)c2ccccc2-c2ccccc21. The van der Waals surface area contributed by atoms with E-state index in [1.807, 2.05) is 48.5 Å². The fraction of sp³-hybridized carbons (Fsp3) is 0. The molecule has 0 saturated heterocycles. The fourth-order valence-corrected chi connectivity index (χ4v) is 2.18. The van der Waals surface area contributed by atoms with E-state index in [0.717, 1.165) is 22.3 Å². The highest BCUT2D eigenvalue weighted by molar-refractivity contribution is 6.33. The predicted molar refractivity (Wildman–Crippen MR) is 65.2 cm³/mol. The van der Waals surface area contributed by atoms with Crippen molar-refractivity contribution in [2.45, 2.75) is 0 Å². The second-order valence-electron chi connectivity index (χ2n) is 3.90. The van der Waals surface area contributed by atoms with E-state index in [-0.39, 0.29) is 5.78 Å². The molecule has 0 heterocycles. The first-order chi connectivity index (χ1) is 7.79. The van der Waals surface area contributed by atoms with E-state index >= 15 is 0 Å². The van der Waals surface area contributed by atoms with Crippen LogP contribution in [0.4, 0.5) is 0 Å². The molecule has 0 aromatic heterocycles. The monoisotopic (exact) mass is 206 g/mol. The third-order valence-electron chi connectivity index (χ3n) is 2.99. The van der Waals surface area contributed by atoms with Gasteiger partial charge in [0, 0.05) is 11.1 Å². The lowest BCUT2D eigenvalue weighted by Crippen LogP contribution is -2.10. The first-order valence-electron chi connectivity index (χ1n) is 5.21. The predicted octanol–water partition coefficient (Wildman–Crippen LogP) is 3.56. The number of carbonyl (C=O) groups is 1. The van der Waals surface area contributed by atoms with Gasteiger partial charge in [-0.05, 0) is 16.7 Å². The van der Waals surface area contributed by atoms with E-state index in [2.05, 4.69) is 6.58 Å². The summed E-state index contributed by atoms with van der Waals surface area (Å²) in [6.07, 6.45) is 0. The Hall–Kier alpha value is -2.15.